The highest BCUT2D eigenvalue weighted by Gasteiger charge is 2.34. The number of nitrogens with zero attached hydrogens (tertiary/aromatic N) is 1. The molecule has 2 N–H and O–H groups in total. The molecule has 1 aromatic rings. The quantitative estimate of drug-likeness (QED) is 0.797. The van der Waals surface area contributed by atoms with Crippen LogP contribution in [0, 0.1) is 0 Å². The first kappa shape index (κ1) is 16.9. The summed E-state index contributed by atoms with van der Waals surface area (Å²) in [5.41, 5.74) is -0.575. The molecular weight excluding hydrogens is 312 g/mol. The SMILES string of the molecule is O=C(CCC1(O)CCC1)NCC(c1cccs1)N1CCOCC1. The molecule has 1 aromatic heterocycles. The van der Waals surface area contributed by atoms with Gasteiger partial charge in [0.2, 0.25) is 5.91 Å². The van der Waals surface area contributed by atoms with Gasteiger partial charge in [0.25, 0.3) is 0 Å². The Hall–Kier alpha value is -0.950. The molecule has 1 amide bonds. The number of carbonyl (C=O) groups excluding carboxylic acids is 1. The Balaban J connectivity index is 1.50. The smallest absolute Gasteiger partial charge is 0.220 e. The average Bonchev–Trinajstić information content (AvgIpc) is 3.06. The molecule has 6 heteroatoms. The van der Waals surface area contributed by atoms with E-state index in [0.29, 0.717) is 19.4 Å². The molecule has 0 aromatic carbocycles. The summed E-state index contributed by atoms with van der Waals surface area (Å²) in [5, 5.41) is 15.2. The van der Waals surface area contributed by atoms with Gasteiger partial charge in [0.05, 0.1) is 24.9 Å². The standard InChI is InChI=1S/C17H26N2O3S/c20-16(4-7-17(21)5-2-6-17)18-13-14(15-3-1-12-23-15)19-8-10-22-11-9-19/h1,3,12,14,21H,2,4-11,13H2,(H,18,20). The van der Waals surface area contributed by atoms with E-state index in [1.54, 1.807) is 11.3 Å². The molecule has 5 nitrogen and oxygen atoms in total. The minimum absolute atomic E-state index is 0.0418. The Morgan fingerprint density at radius 2 is 2.22 bits per heavy atom. The van der Waals surface area contributed by atoms with Gasteiger partial charge < -0.3 is 15.2 Å². The number of carbonyl (C=O) groups is 1. The number of rotatable bonds is 7. The van der Waals surface area contributed by atoms with Gasteiger partial charge in [0.15, 0.2) is 0 Å². The van der Waals surface area contributed by atoms with Gasteiger partial charge in [-0.3, -0.25) is 9.69 Å². The summed E-state index contributed by atoms with van der Waals surface area (Å²) in [5.74, 6) is 0.0418. The monoisotopic (exact) mass is 338 g/mol. The van der Waals surface area contributed by atoms with Crippen LogP contribution in [0.15, 0.2) is 17.5 Å². The lowest BCUT2D eigenvalue weighted by Gasteiger charge is -2.36. The Labute approximate surface area is 141 Å². The molecule has 128 valence electrons. The topological polar surface area (TPSA) is 61.8 Å². The molecule has 0 radical (unpaired) electrons. The summed E-state index contributed by atoms with van der Waals surface area (Å²) in [7, 11) is 0. The fourth-order valence-electron chi connectivity index (χ4n) is 3.26. The molecule has 1 saturated carbocycles. The number of hydrogen-bond donors (Lipinski definition) is 2. The molecule has 1 aliphatic heterocycles. The Morgan fingerprint density at radius 3 is 2.83 bits per heavy atom. The molecule has 2 aliphatic rings. The van der Waals surface area contributed by atoms with Gasteiger partial charge >= 0.3 is 0 Å². The van der Waals surface area contributed by atoms with Gasteiger partial charge in [-0.25, -0.2) is 0 Å². The first-order valence-corrected chi connectivity index (χ1v) is 9.39. The number of ether oxygens (including phenoxy) is 1. The second-order valence-electron chi connectivity index (χ2n) is 6.56. The molecule has 3 rings (SSSR count). The predicted octanol–water partition coefficient (Wildman–Crippen LogP) is 1.93. The van der Waals surface area contributed by atoms with Crippen molar-refractivity contribution in [3.63, 3.8) is 0 Å². The minimum atomic E-state index is -0.575. The van der Waals surface area contributed by atoms with Crippen LogP contribution in [-0.4, -0.2) is 54.4 Å². The summed E-state index contributed by atoms with van der Waals surface area (Å²) in [6.45, 7) is 3.93. The van der Waals surface area contributed by atoms with Crippen LogP contribution in [0.25, 0.3) is 0 Å². The van der Waals surface area contributed by atoms with Crippen molar-refractivity contribution >= 4 is 17.2 Å². The summed E-state index contributed by atoms with van der Waals surface area (Å²) in [6.07, 6.45) is 3.75. The third-order valence-electron chi connectivity index (χ3n) is 4.95. The molecule has 0 bridgehead atoms. The molecule has 23 heavy (non-hydrogen) atoms. The van der Waals surface area contributed by atoms with Crippen molar-refractivity contribution in [1.82, 2.24) is 10.2 Å². The zero-order chi connectivity index (χ0) is 16.1. The molecule has 0 spiro atoms. The number of thiophene rings is 1. The zero-order valence-corrected chi connectivity index (χ0v) is 14.3. The van der Waals surface area contributed by atoms with E-state index in [0.717, 1.165) is 45.6 Å². The molecule has 2 heterocycles. The third-order valence-corrected chi connectivity index (χ3v) is 5.93. The fraction of sp³-hybridized carbons (Fsp3) is 0.706. The van der Waals surface area contributed by atoms with Crippen LogP contribution in [-0.2, 0) is 9.53 Å². The van der Waals surface area contributed by atoms with E-state index in [1.807, 2.05) is 0 Å². The molecule has 1 saturated heterocycles. The van der Waals surface area contributed by atoms with Crippen LogP contribution < -0.4 is 5.32 Å². The lowest BCUT2D eigenvalue weighted by molar-refractivity contribution is -0.124. The van der Waals surface area contributed by atoms with Crippen molar-refractivity contribution in [2.24, 2.45) is 0 Å². The zero-order valence-electron chi connectivity index (χ0n) is 13.5. The van der Waals surface area contributed by atoms with Crippen LogP contribution in [0.5, 0.6) is 0 Å². The van der Waals surface area contributed by atoms with Crippen molar-refractivity contribution in [2.45, 2.75) is 43.7 Å². The summed E-state index contributed by atoms with van der Waals surface area (Å²) < 4.78 is 5.43. The third kappa shape index (κ3) is 4.53. The van der Waals surface area contributed by atoms with E-state index in [2.05, 4.69) is 27.7 Å². The minimum Gasteiger partial charge on any atom is -0.390 e. The van der Waals surface area contributed by atoms with Gasteiger partial charge in [0, 0.05) is 30.9 Å². The second-order valence-corrected chi connectivity index (χ2v) is 7.54. The second kappa shape index (κ2) is 7.75. The van der Waals surface area contributed by atoms with E-state index in [4.69, 9.17) is 4.74 Å². The maximum atomic E-state index is 12.1. The summed E-state index contributed by atoms with van der Waals surface area (Å²) in [4.78, 5) is 15.8. The van der Waals surface area contributed by atoms with E-state index < -0.39 is 5.60 Å². The Morgan fingerprint density at radius 1 is 1.43 bits per heavy atom. The van der Waals surface area contributed by atoms with Crippen molar-refractivity contribution in [2.75, 3.05) is 32.8 Å². The first-order valence-electron chi connectivity index (χ1n) is 8.51. The van der Waals surface area contributed by atoms with Gasteiger partial charge in [-0.05, 0) is 37.1 Å². The predicted molar refractivity (Wildman–Crippen MR) is 90.5 cm³/mol. The molecule has 1 aliphatic carbocycles. The number of morpholine rings is 1. The number of hydrogen-bond acceptors (Lipinski definition) is 5. The molecular formula is C17H26N2O3S. The highest BCUT2D eigenvalue weighted by molar-refractivity contribution is 7.10. The van der Waals surface area contributed by atoms with Gasteiger partial charge in [-0.15, -0.1) is 11.3 Å². The van der Waals surface area contributed by atoms with Crippen LogP contribution in [0.1, 0.15) is 43.0 Å². The van der Waals surface area contributed by atoms with Gasteiger partial charge in [-0.2, -0.15) is 0 Å². The van der Waals surface area contributed by atoms with E-state index >= 15 is 0 Å². The number of amides is 1. The van der Waals surface area contributed by atoms with Crippen molar-refractivity contribution in [1.29, 1.82) is 0 Å². The lowest BCUT2D eigenvalue weighted by atomic mass is 9.77. The maximum Gasteiger partial charge on any atom is 0.220 e. The maximum absolute atomic E-state index is 12.1. The Bertz CT molecular complexity index is 496. The van der Waals surface area contributed by atoms with Crippen molar-refractivity contribution in [3.05, 3.63) is 22.4 Å². The van der Waals surface area contributed by atoms with Crippen LogP contribution in [0.4, 0.5) is 0 Å². The van der Waals surface area contributed by atoms with Crippen LogP contribution in [0.2, 0.25) is 0 Å². The van der Waals surface area contributed by atoms with Crippen molar-refractivity contribution < 1.29 is 14.6 Å². The molecule has 1 unspecified atom stereocenters. The largest absolute Gasteiger partial charge is 0.390 e. The number of nitrogens with one attached hydrogen (secondary N) is 1. The van der Waals surface area contributed by atoms with Crippen LogP contribution in [0.3, 0.4) is 0 Å². The van der Waals surface area contributed by atoms with Gasteiger partial charge in [0.1, 0.15) is 0 Å². The highest BCUT2D eigenvalue weighted by atomic mass is 32.1. The number of aliphatic hydroxyl groups is 1. The highest BCUT2D eigenvalue weighted by Crippen LogP contribution is 2.35. The lowest BCUT2D eigenvalue weighted by Crippen LogP contribution is -2.44. The van der Waals surface area contributed by atoms with E-state index in [1.165, 1.54) is 4.88 Å². The average molecular weight is 338 g/mol. The van der Waals surface area contributed by atoms with Crippen molar-refractivity contribution in [3.8, 4) is 0 Å². The van der Waals surface area contributed by atoms with Gasteiger partial charge in [-0.1, -0.05) is 6.07 Å². The first-order chi connectivity index (χ1) is 11.2. The van der Waals surface area contributed by atoms with Crippen LogP contribution >= 0.6 is 11.3 Å². The van der Waals surface area contributed by atoms with E-state index in [9.17, 15) is 9.90 Å². The Kier molecular flexibility index (Phi) is 5.69. The normalized spacial score (nSPS) is 22.3. The fourth-order valence-corrected chi connectivity index (χ4v) is 4.12. The molecule has 1 atom stereocenters. The summed E-state index contributed by atoms with van der Waals surface area (Å²) in [6, 6.07) is 4.41. The molecule has 2 fully saturated rings. The van der Waals surface area contributed by atoms with E-state index in [-0.39, 0.29) is 11.9 Å². The summed E-state index contributed by atoms with van der Waals surface area (Å²) >= 11 is 1.73.